The van der Waals surface area contributed by atoms with E-state index in [1.165, 1.54) is 64.1 Å². The summed E-state index contributed by atoms with van der Waals surface area (Å²) >= 11 is 0. The average molecular weight is 781 g/mol. The van der Waals surface area contributed by atoms with Crippen LogP contribution in [0.2, 0.25) is 0 Å². The van der Waals surface area contributed by atoms with E-state index in [0.717, 1.165) is 23.3 Å². The number of phenolic OH excluding ortho intramolecular Hbond substituents is 1. The van der Waals surface area contributed by atoms with E-state index in [-0.39, 0.29) is 27.7 Å². The number of cyclic esters (lactones) is 4. The smallest absolute Gasteiger partial charge is 0.331 e. The maximum Gasteiger partial charge on any atom is 0.331 e. The Morgan fingerprint density at radius 3 is 1.46 bits per heavy atom. The minimum absolute atomic E-state index is 0.00220. The third kappa shape index (κ3) is 10.5. The molecule has 3 aromatic carbocycles. The number of nitrogen functional groups attached to an aromatic ring is 1. The van der Waals surface area contributed by atoms with Gasteiger partial charge in [0.1, 0.15) is 11.6 Å². The molecular formula is C40H45FN2O13. The monoisotopic (exact) mass is 780 g/mol. The number of nitrogens with two attached hydrogens (primary N) is 1. The molecule has 0 aromatic heterocycles. The van der Waals surface area contributed by atoms with Gasteiger partial charge in [-0.3, -0.25) is 38.9 Å². The standard InChI is InChI=1S/C14H23NO.C13H11FO5.C13H11NO7/c1-13(2,3)9-7-10(14(4,5)6)12(16)8-11(9)15;1-13(2)18-11(16)9(12(17)19-13)10(15)7-5-3-4-6-8(7)14;1-13(2)20-11(16)9(12(17)21-13)10(15)7-5-3-4-6-8(7)14(18)19/h7-8,16H,15H2,1-6H3;3-6,9H,1-2H3;3-6,9H,1-2H3. The first-order valence-corrected chi connectivity index (χ1v) is 17.2. The lowest BCUT2D eigenvalue weighted by atomic mass is 9.79. The van der Waals surface area contributed by atoms with Crippen LogP contribution in [-0.2, 0) is 49.0 Å². The van der Waals surface area contributed by atoms with Crippen molar-refractivity contribution >= 4 is 46.8 Å². The maximum absolute atomic E-state index is 13.5. The third-order valence-electron chi connectivity index (χ3n) is 8.14. The highest BCUT2D eigenvalue weighted by molar-refractivity contribution is 6.23. The number of phenols is 1. The molecule has 2 saturated heterocycles. The second-order valence-electron chi connectivity index (χ2n) is 15.8. The number of halogens is 1. The molecule has 2 heterocycles. The molecule has 2 aliphatic rings. The Bertz CT molecular complexity index is 2000. The molecule has 0 saturated carbocycles. The van der Waals surface area contributed by atoms with Crippen molar-refractivity contribution in [1.29, 1.82) is 0 Å². The summed E-state index contributed by atoms with van der Waals surface area (Å²) in [5.41, 5.74) is 7.41. The van der Waals surface area contributed by atoms with Gasteiger partial charge in [0.2, 0.25) is 11.8 Å². The van der Waals surface area contributed by atoms with Crippen molar-refractivity contribution in [2.45, 2.75) is 91.6 Å². The number of esters is 4. The largest absolute Gasteiger partial charge is 0.508 e. The number of nitrogens with zero attached hydrogens (tertiary/aromatic N) is 1. The maximum atomic E-state index is 13.5. The van der Waals surface area contributed by atoms with Gasteiger partial charge in [0.25, 0.3) is 17.3 Å². The zero-order chi connectivity index (χ0) is 42.7. The van der Waals surface area contributed by atoms with Crippen molar-refractivity contribution in [2.24, 2.45) is 11.8 Å². The van der Waals surface area contributed by atoms with Crippen molar-refractivity contribution in [3.8, 4) is 5.75 Å². The molecule has 0 unspecified atom stereocenters. The number of anilines is 1. The molecule has 2 aliphatic heterocycles. The molecule has 5 rings (SSSR count). The molecule has 300 valence electrons. The quantitative estimate of drug-likeness (QED) is 0.0727. The predicted octanol–water partition coefficient (Wildman–Crippen LogP) is 6.26. The number of aromatic hydroxyl groups is 1. The van der Waals surface area contributed by atoms with E-state index < -0.39 is 75.3 Å². The van der Waals surface area contributed by atoms with E-state index in [1.54, 1.807) is 6.07 Å². The van der Waals surface area contributed by atoms with Crippen molar-refractivity contribution in [2.75, 3.05) is 5.73 Å². The summed E-state index contributed by atoms with van der Waals surface area (Å²) in [5, 5.41) is 20.8. The van der Waals surface area contributed by atoms with Gasteiger partial charge in [-0.25, -0.2) is 4.39 Å². The molecule has 0 aliphatic carbocycles. The van der Waals surface area contributed by atoms with Crippen molar-refractivity contribution in [1.82, 2.24) is 0 Å². The summed E-state index contributed by atoms with van der Waals surface area (Å²) in [4.78, 5) is 81.4. The normalized spacial score (nSPS) is 16.7. The van der Waals surface area contributed by atoms with E-state index in [4.69, 9.17) is 24.7 Å². The van der Waals surface area contributed by atoms with Gasteiger partial charge in [-0.2, -0.15) is 0 Å². The lowest BCUT2D eigenvalue weighted by molar-refractivity contribution is -0.385. The van der Waals surface area contributed by atoms with E-state index in [9.17, 15) is 48.4 Å². The van der Waals surface area contributed by atoms with Gasteiger partial charge in [0.05, 0.1) is 16.1 Å². The number of Topliss-reactive ketones (excluding diaryl/α,β-unsaturated/α-hetero) is 2. The highest BCUT2D eigenvalue weighted by Crippen LogP contribution is 2.38. The highest BCUT2D eigenvalue weighted by atomic mass is 19.1. The Hall–Kier alpha value is -6.19. The Balaban J connectivity index is 0.000000228. The molecule has 16 heteroatoms. The highest BCUT2D eigenvalue weighted by Gasteiger charge is 2.49. The molecule has 0 spiro atoms. The first-order chi connectivity index (χ1) is 25.6. The number of nitro groups is 1. The Kier molecular flexibility index (Phi) is 12.8. The number of carbonyl (C=O) groups excluding carboxylic acids is 6. The summed E-state index contributed by atoms with van der Waals surface area (Å²) in [6, 6.07) is 13.8. The first kappa shape index (κ1) is 44.2. The van der Waals surface area contributed by atoms with Crippen molar-refractivity contribution in [3.05, 3.63) is 98.8 Å². The number of nitro benzene ring substituents is 1. The van der Waals surface area contributed by atoms with Crippen LogP contribution in [0.1, 0.15) is 101 Å². The topological polar surface area (TPSA) is 229 Å². The predicted molar refractivity (Wildman–Crippen MR) is 198 cm³/mol. The lowest BCUT2D eigenvalue weighted by Gasteiger charge is -2.32. The fourth-order valence-corrected chi connectivity index (χ4v) is 5.53. The number of carbonyl (C=O) groups is 6. The molecule has 56 heavy (non-hydrogen) atoms. The molecule has 0 bridgehead atoms. The minimum atomic E-state index is -1.85. The fourth-order valence-electron chi connectivity index (χ4n) is 5.53. The van der Waals surface area contributed by atoms with Crippen LogP contribution in [0.4, 0.5) is 15.8 Å². The average Bonchev–Trinajstić information content (AvgIpc) is 3.02. The van der Waals surface area contributed by atoms with Gasteiger partial charge in [0, 0.05) is 45.5 Å². The zero-order valence-corrected chi connectivity index (χ0v) is 32.7. The van der Waals surface area contributed by atoms with E-state index in [0.29, 0.717) is 5.69 Å². The second-order valence-corrected chi connectivity index (χ2v) is 15.8. The molecule has 0 amide bonds. The Morgan fingerprint density at radius 2 is 1.07 bits per heavy atom. The van der Waals surface area contributed by atoms with E-state index in [2.05, 4.69) is 41.5 Å². The summed E-state index contributed by atoms with van der Waals surface area (Å²) in [5.74, 6) is -13.2. The number of benzene rings is 3. The molecular weight excluding hydrogens is 735 g/mol. The van der Waals surface area contributed by atoms with Crippen LogP contribution in [0.5, 0.6) is 5.75 Å². The van der Waals surface area contributed by atoms with Crippen molar-refractivity contribution in [3.63, 3.8) is 0 Å². The summed E-state index contributed by atoms with van der Waals surface area (Å²) in [7, 11) is 0. The summed E-state index contributed by atoms with van der Waals surface area (Å²) in [6.07, 6.45) is 0. The first-order valence-electron chi connectivity index (χ1n) is 17.2. The van der Waals surface area contributed by atoms with Gasteiger partial charge in [-0.15, -0.1) is 0 Å². The van der Waals surface area contributed by atoms with Gasteiger partial charge in [0.15, 0.2) is 11.6 Å². The summed E-state index contributed by atoms with van der Waals surface area (Å²) in [6.45, 7) is 18.1. The van der Waals surface area contributed by atoms with E-state index in [1.807, 2.05) is 6.07 Å². The second kappa shape index (κ2) is 16.3. The van der Waals surface area contributed by atoms with Gasteiger partial charge in [-0.1, -0.05) is 65.8 Å². The lowest BCUT2D eigenvalue weighted by Crippen LogP contribution is -2.49. The van der Waals surface area contributed by atoms with Gasteiger partial charge >= 0.3 is 23.9 Å². The third-order valence-corrected chi connectivity index (χ3v) is 8.14. The number of rotatable bonds is 5. The van der Waals surface area contributed by atoms with Gasteiger partial charge < -0.3 is 29.8 Å². The van der Waals surface area contributed by atoms with Crippen LogP contribution in [0.25, 0.3) is 0 Å². The van der Waals surface area contributed by atoms with Crippen LogP contribution in [0, 0.1) is 27.8 Å². The fraction of sp³-hybridized carbons (Fsp3) is 0.400. The zero-order valence-electron chi connectivity index (χ0n) is 32.7. The molecule has 0 radical (unpaired) electrons. The SMILES string of the molecule is CC(C)(C)c1cc(C(C)(C)C)c(O)cc1N.CC1(C)OC(=O)C(C(=O)c2ccccc2F)C(=O)O1.CC1(C)OC(=O)C(C(=O)c2ccccc2[N+](=O)[O-])C(=O)O1. The van der Waals surface area contributed by atoms with Crippen molar-refractivity contribution < 1.29 is 62.1 Å². The summed E-state index contributed by atoms with van der Waals surface area (Å²) < 4.78 is 32.8. The number of hydrogen-bond donors (Lipinski definition) is 2. The molecule has 3 aromatic rings. The Labute approximate surface area is 322 Å². The van der Waals surface area contributed by atoms with Crippen LogP contribution >= 0.6 is 0 Å². The Morgan fingerprint density at radius 1 is 0.696 bits per heavy atom. The number of ketones is 2. The number of ether oxygens (including phenoxy) is 4. The van der Waals surface area contributed by atoms with Crippen LogP contribution < -0.4 is 5.73 Å². The number of para-hydroxylation sites is 1. The van der Waals surface area contributed by atoms with E-state index >= 15 is 0 Å². The molecule has 15 nitrogen and oxygen atoms in total. The minimum Gasteiger partial charge on any atom is -0.508 e. The van der Waals surface area contributed by atoms with Gasteiger partial charge in [-0.05, 0) is 46.2 Å². The molecule has 2 fully saturated rings. The molecule has 0 atom stereocenters. The molecule has 3 N–H and O–H groups in total. The number of hydrogen-bond acceptors (Lipinski definition) is 14. The van der Waals surface area contributed by atoms with Crippen LogP contribution in [0.3, 0.4) is 0 Å². The van der Waals surface area contributed by atoms with Crippen LogP contribution in [-0.4, -0.2) is 57.0 Å². The van der Waals surface area contributed by atoms with Crippen LogP contribution in [0.15, 0.2) is 60.7 Å².